The second-order valence-corrected chi connectivity index (χ2v) is 11.5. The van der Waals surface area contributed by atoms with Crippen molar-refractivity contribution >= 4 is 64.4 Å². The molecule has 0 radical (unpaired) electrons. The smallest absolute Gasteiger partial charge is 0.123 e. The molecule has 37 heavy (non-hydrogen) atoms. The molecule has 7 aromatic rings. The molecular weight excluding hydrogens is 492 g/mol. The summed E-state index contributed by atoms with van der Waals surface area (Å²) in [6.45, 7) is 4.00. The minimum atomic E-state index is -0.229. The summed E-state index contributed by atoms with van der Waals surface area (Å²) in [5.74, 6) is 6.14. The standard InChI is InChI=1S/C34H21FS2/c1-3-4-30-33(21-9-11-25(35)12-10-21)34-27-14-15-29-28(26(27)13-16-31(34)37-30)19-32(36-29)24-8-7-22-17-20(2)5-6-23(22)18-24/h5-19H,1-2H3. The van der Waals surface area contributed by atoms with Crippen molar-refractivity contribution < 1.29 is 4.39 Å². The fourth-order valence-electron chi connectivity index (χ4n) is 5.28. The fraction of sp³-hybridized carbons (Fsp3) is 0.0588. The lowest BCUT2D eigenvalue weighted by Gasteiger charge is -2.06. The Labute approximate surface area is 222 Å². The highest BCUT2D eigenvalue weighted by Crippen LogP contribution is 2.45. The van der Waals surface area contributed by atoms with Crippen molar-refractivity contribution in [3.8, 4) is 33.4 Å². The van der Waals surface area contributed by atoms with Gasteiger partial charge in [-0.15, -0.1) is 28.6 Å². The molecule has 0 amide bonds. The zero-order chi connectivity index (χ0) is 25.1. The molecule has 0 nitrogen and oxygen atoms in total. The third-order valence-electron chi connectivity index (χ3n) is 7.00. The lowest BCUT2D eigenvalue weighted by molar-refractivity contribution is 0.628. The summed E-state index contributed by atoms with van der Waals surface area (Å²) < 4.78 is 16.2. The number of benzene rings is 5. The van der Waals surface area contributed by atoms with E-state index in [9.17, 15) is 4.39 Å². The Kier molecular flexibility index (Phi) is 5.15. The average molecular weight is 513 g/mol. The first-order valence-corrected chi connectivity index (χ1v) is 13.8. The van der Waals surface area contributed by atoms with Crippen molar-refractivity contribution in [3.63, 3.8) is 0 Å². The van der Waals surface area contributed by atoms with Gasteiger partial charge in [-0.3, -0.25) is 0 Å². The van der Waals surface area contributed by atoms with Crippen LogP contribution in [-0.2, 0) is 0 Å². The van der Waals surface area contributed by atoms with Crippen LogP contribution in [0.3, 0.4) is 0 Å². The van der Waals surface area contributed by atoms with Gasteiger partial charge in [0.15, 0.2) is 0 Å². The van der Waals surface area contributed by atoms with E-state index in [0.717, 1.165) is 16.0 Å². The summed E-state index contributed by atoms with van der Waals surface area (Å²) in [6, 6.07) is 31.4. The Morgan fingerprint density at radius 1 is 0.649 bits per heavy atom. The number of aryl methyl sites for hydroxylation is 1. The summed E-state index contributed by atoms with van der Waals surface area (Å²) >= 11 is 3.54. The van der Waals surface area contributed by atoms with E-state index in [4.69, 9.17) is 0 Å². The van der Waals surface area contributed by atoms with Crippen molar-refractivity contribution in [2.24, 2.45) is 0 Å². The van der Waals surface area contributed by atoms with E-state index in [1.807, 2.05) is 30.4 Å². The first-order chi connectivity index (χ1) is 18.1. The first-order valence-electron chi connectivity index (χ1n) is 12.2. The molecule has 0 N–H and O–H groups in total. The Bertz CT molecular complexity index is 2060. The van der Waals surface area contributed by atoms with Crippen molar-refractivity contribution in [2.45, 2.75) is 13.8 Å². The van der Waals surface area contributed by atoms with Gasteiger partial charge < -0.3 is 0 Å². The molecule has 0 bridgehead atoms. The van der Waals surface area contributed by atoms with Crippen LogP contribution >= 0.6 is 22.7 Å². The lowest BCUT2D eigenvalue weighted by atomic mass is 9.96. The quantitative estimate of drug-likeness (QED) is 0.202. The molecule has 7 rings (SSSR count). The van der Waals surface area contributed by atoms with Crippen LogP contribution in [0.2, 0.25) is 0 Å². The molecule has 3 heteroatoms. The predicted octanol–water partition coefficient (Wildman–Crippen LogP) is 10.6. The van der Waals surface area contributed by atoms with E-state index in [0.29, 0.717) is 0 Å². The first kappa shape index (κ1) is 22.2. The van der Waals surface area contributed by atoms with Crippen LogP contribution in [0.15, 0.2) is 91.0 Å². The fourth-order valence-corrected chi connectivity index (χ4v) is 7.50. The Hall–Kier alpha value is -3.97. The van der Waals surface area contributed by atoms with Crippen molar-refractivity contribution in [2.75, 3.05) is 0 Å². The maximum Gasteiger partial charge on any atom is 0.123 e. The molecule has 0 saturated carbocycles. The third kappa shape index (κ3) is 3.64. The molecule has 0 aliphatic carbocycles. The number of hydrogen-bond acceptors (Lipinski definition) is 2. The second kappa shape index (κ2) is 8.56. The Balaban J connectivity index is 1.47. The van der Waals surface area contributed by atoms with Gasteiger partial charge in [0.05, 0.1) is 4.88 Å². The molecule has 0 unspecified atom stereocenters. The molecule has 0 spiro atoms. The van der Waals surface area contributed by atoms with Gasteiger partial charge in [0.1, 0.15) is 5.82 Å². The maximum atomic E-state index is 13.7. The van der Waals surface area contributed by atoms with Gasteiger partial charge >= 0.3 is 0 Å². The predicted molar refractivity (Wildman–Crippen MR) is 160 cm³/mol. The molecule has 0 fully saturated rings. The van der Waals surface area contributed by atoms with E-state index in [2.05, 4.69) is 85.5 Å². The number of thiophene rings is 2. The van der Waals surface area contributed by atoms with Gasteiger partial charge in [0.2, 0.25) is 0 Å². The van der Waals surface area contributed by atoms with Gasteiger partial charge in [-0.1, -0.05) is 66.1 Å². The van der Waals surface area contributed by atoms with Gasteiger partial charge in [-0.05, 0) is 82.9 Å². The normalized spacial score (nSPS) is 11.4. The van der Waals surface area contributed by atoms with Gasteiger partial charge in [-0.2, -0.15) is 0 Å². The Morgan fingerprint density at radius 2 is 1.38 bits per heavy atom. The minimum absolute atomic E-state index is 0.229. The molecule has 0 aliphatic rings. The van der Waals surface area contributed by atoms with E-state index < -0.39 is 0 Å². The molecule has 2 heterocycles. The van der Waals surface area contributed by atoms with Crippen LogP contribution in [0.1, 0.15) is 17.4 Å². The summed E-state index contributed by atoms with van der Waals surface area (Å²) in [5.41, 5.74) is 4.62. The van der Waals surface area contributed by atoms with Crippen LogP contribution in [0, 0.1) is 24.6 Å². The number of rotatable bonds is 2. The topological polar surface area (TPSA) is 0 Å². The van der Waals surface area contributed by atoms with Crippen molar-refractivity contribution in [3.05, 3.63) is 107 Å². The molecule has 2 aromatic heterocycles. The summed E-state index contributed by atoms with van der Waals surface area (Å²) in [6.07, 6.45) is 0. The second-order valence-electron chi connectivity index (χ2n) is 9.38. The number of halogens is 1. The number of hydrogen-bond donors (Lipinski definition) is 0. The lowest BCUT2D eigenvalue weighted by Crippen LogP contribution is -1.83. The zero-order valence-corrected chi connectivity index (χ0v) is 22.0. The van der Waals surface area contributed by atoms with E-state index in [-0.39, 0.29) is 5.82 Å². The van der Waals surface area contributed by atoms with Crippen LogP contribution in [0.4, 0.5) is 4.39 Å². The molecule has 0 aliphatic heterocycles. The molecule has 176 valence electrons. The highest BCUT2D eigenvalue weighted by Gasteiger charge is 2.17. The highest BCUT2D eigenvalue weighted by atomic mass is 32.1. The van der Waals surface area contributed by atoms with Gasteiger partial charge in [-0.25, -0.2) is 4.39 Å². The number of fused-ring (bicyclic) bond motifs is 6. The van der Waals surface area contributed by atoms with E-state index >= 15 is 0 Å². The minimum Gasteiger partial charge on any atom is -0.207 e. The highest BCUT2D eigenvalue weighted by molar-refractivity contribution is 7.22. The van der Waals surface area contributed by atoms with Gasteiger partial charge in [0.25, 0.3) is 0 Å². The maximum absolute atomic E-state index is 13.7. The van der Waals surface area contributed by atoms with Crippen molar-refractivity contribution in [1.29, 1.82) is 0 Å². The summed E-state index contributed by atoms with van der Waals surface area (Å²) in [4.78, 5) is 2.29. The summed E-state index contributed by atoms with van der Waals surface area (Å²) in [7, 11) is 0. The monoisotopic (exact) mass is 512 g/mol. The van der Waals surface area contributed by atoms with Gasteiger partial charge in [0, 0.05) is 30.6 Å². The largest absolute Gasteiger partial charge is 0.207 e. The van der Waals surface area contributed by atoms with Crippen molar-refractivity contribution in [1.82, 2.24) is 0 Å². The molecule has 0 saturated heterocycles. The van der Waals surface area contributed by atoms with Crippen LogP contribution in [0.5, 0.6) is 0 Å². The van der Waals surface area contributed by atoms with Crippen LogP contribution < -0.4 is 0 Å². The molecule has 0 atom stereocenters. The average Bonchev–Trinajstić information content (AvgIpc) is 3.51. The van der Waals surface area contributed by atoms with E-state index in [1.165, 1.54) is 69.9 Å². The van der Waals surface area contributed by atoms with E-state index in [1.54, 1.807) is 11.3 Å². The van der Waals surface area contributed by atoms with Crippen LogP contribution in [-0.4, -0.2) is 0 Å². The molecular formula is C34H21FS2. The SMILES string of the molecule is CC#Cc1sc2ccc3c4cc(-c5ccc6cc(C)ccc6c5)sc4ccc3c2c1-c1ccc(F)cc1. The summed E-state index contributed by atoms with van der Waals surface area (Å²) in [5, 5.41) is 7.45. The Morgan fingerprint density at radius 3 is 2.22 bits per heavy atom. The van der Waals surface area contributed by atoms with Crippen LogP contribution in [0.25, 0.3) is 63.3 Å². The zero-order valence-electron chi connectivity index (χ0n) is 20.4. The molecule has 5 aromatic carbocycles. The third-order valence-corrected chi connectivity index (χ3v) is 9.22.